The molecule has 0 bridgehead atoms. The second kappa shape index (κ2) is 6.29. The molecule has 0 atom stereocenters. The molecule has 19 heavy (non-hydrogen) atoms. The van der Waals surface area contributed by atoms with Crippen molar-refractivity contribution in [1.29, 1.82) is 0 Å². The number of nitrogens with zero attached hydrogens (tertiary/aromatic N) is 1. The van der Waals surface area contributed by atoms with Crippen LogP contribution in [0, 0.1) is 10.1 Å². The number of amides is 1. The van der Waals surface area contributed by atoms with Crippen LogP contribution in [0.15, 0.2) is 29.8 Å². The first-order chi connectivity index (χ1) is 8.95. The molecule has 0 aliphatic rings. The Morgan fingerprint density at radius 1 is 1.37 bits per heavy atom. The molecular formula is C12H12N2O5. The number of nitrogens with two attached hydrogens (primary N) is 1. The van der Waals surface area contributed by atoms with Crippen LogP contribution in [0.5, 0.6) is 0 Å². The molecule has 1 aromatic rings. The van der Waals surface area contributed by atoms with Gasteiger partial charge in [0.2, 0.25) is 0 Å². The van der Waals surface area contributed by atoms with Gasteiger partial charge < -0.3 is 10.5 Å². The summed E-state index contributed by atoms with van der Waals surface area (Å²) >= 11 is 0. The van der Waals surface area contributed by atoms with E-state index in [1.54, 1.807) is 6.92 Å². The number of esters is 1. The van der Waals surface area contributed by atoms with Gasteiger partial charge in [-0.3, -0.25) is 14.9 Å². The van der Waals surface area contributed by atoms with Crippen LogP contribution in [0.4, 0.5) is 5.69 Å². The molecular weight excluding hydrogens is 252 g/mol. The second-order valence-corrected chi connectivity index (χ2v) is 3.49. The SMILES string of the molecule is CCOC(=O)/C(=C\c1ccc([N+](=O)[O-])cc1)C(N)=O. The first-order valence-corrected chi connectivity index (χ1v) is 5.38. The van der Waals surface area contributed by atoms with Gasteiger partial charge in [0.1, 0.15) is 5.57 Å². The maximum atomic E-state index is 11.5. The summed E-state index contributed by atoms with van der Waals surface area (Å²) in [5.41, 5.74) is 5.12. The van der Waals surface area contributed by atoms with Gasteiger partial charge in [0, 0.05) is 12.1 Å². The Labute approximate surface area is 108 Å². The van der Waals surface area contributed by atoms with Crippen LogP contribution >= 0.6 is 0 Å². The van der Waals surface area contributed by atoms with Crippen molar-refractivity contribution in [2.45, 2.75) is 6.92 Å². The third kappa shape index (κ3) is 3.91. The molecule has 0 aliphatic heterocycles. The van der Waals surface area contributed by atoms with Gasteiger partial charge >= 0.3 is 5.97 Å². The normalized spacial score (nSPS) is 10.9. The van der Waals surface area contributed by atoms with Gasteiger partial charge in [-0.15, -0.1) is 0 Å². The highest BCUT2D eigenvalue weighted by atomic mass is 16.6. The summed E-state index contributed by atoms with van der Waals surface area (Å²) in [7, 11) is 0. The molecule has 0 aliphatic carbocycles. The minimum Gasteiger partial charge on any atom is -0.462 e. The lowest BCUT2D eigenvalue weighted by molar-refractivity contribution is -0.384. The van der Waals surface area contributed by atoms with E-state index in [1.165, 1.54) is 30.3 Å². The average Bonchev–Trinajstić information content (AvgIpc) is 2.36. The molecule has 7 nitrogen and oxygen atoms in total. The molecule has 0 fully saturated rings. The van der Waals surface area contributed by atoms with E-state index in [2.05, 4.69) is 4.74 Å². The molecule has 1 rings (SSSR count). The van der Waals surface area contributed by atoms with Crippen molar-refractivity contribution in [1.82, 2.24) is 0 Å². The Morgan fingerprint density at radius 3 is 2.37 bits per heavy atom. The van der Waals surface area contributed by atoms with Crippen molar-refractivity contribution in [2.24, 2.45) is 5.73 Å². The predicted molar refractivity (Wildman–Crippen MR) is 66.9 cm³/mol. The van der Waals surface area contributed by atoms with Crippen molar-refractivity contribution < 1.29 is 19.2 Å². The fraction of sp³-hybridized carbons (Fsp3) is 0.167. The summed E-state index contributed by atoms with van der Waals surface area (Å²) in [6, 6.07) is 5.33. The molecule has 1 aromatic carbocycles. The van der Waals surface area contributed by atoms with E-state index < -0.39 is 16.8 Å². The van der Waals surface area contributed by atoms with Gasteiger partial charge in [-0.25, -0.2) is 4.79 Å². The Kier molecular flexibility index (Phi) is 4.76. The smallest absolute Gasteiger partial charge is 0.343 e. The lowest BCUT2D eigenvalue weighted by Gasteiger charge is -2.03. The largest absolute Gasteiger partial charge is 0.462 e. The van der Waals surface area contributed by atoms with Crippen molar-refractivity contribution in [3.8, 4) is 0 Å². The summed E-state index contributed by atoms with van der Waals surface area (Å²) < 4.78 is 4.68. The molecule has 100 valence electrons. The summed E-state index contributed by atoms with van der Waals surface area (Å²) in [5.74, 6) is -1.75. The highest BCUT2D eigenvalue weighted by Crippen LogP contribution is 2.14. The monoisotopic (exact) mass is 264 g/mol. The van der Waals surface area contributed by atoms with Crippen LogP contribution in [0.3, 0.4) is 0 Å². The number of ether oxygens (including phenoxy) is 1. The van der Waals surface area contributed by atoms with E-state index in [4.69, 9.17) is 5.73 Å². The number of nitro groups is 1. The lowest BCUT2D eigenvalue weighted by Crippen LogP contribution is -2.22. The number of nitro benzene ring substituents is 1. The quantitative estimate of drug-likeness (QED) is 0.213. The van der Waals surface area contributed by atoms with E-state index in [-0.39, 0.29) is 17.9 Å². The molecule has 7 heteroatoms. The van der Waals surface area contributed by atoms with Crippen LogP contribution in [0.2, 0.25) is 0 Å². The number of benzene rings is 1. The van der Waals surface area contributed by atoms with Crippen molar-refractivity contribution in [3.05, 3.63) is 45.5 Å². The molecule has 0 spiro atoms. The van der Waals surface area contributed by atoms with Gasteiger partial charge in [0.05, 0.1) is 11.5 Å². The van der Waals surface area contributed by atoms with Crippen molar-refractivity contribution >= 4 is 23.6 Å². The van der Waals surface area contributed by atoms with E-state index >= 15 is 0 Å². The van der Waals surface area contributed by atoms with E-state index in [0.717, 1.165) is 0 Å². The average molecular weight is 264 g/mol. The highest BCUT2D eigenvalue weighted by Gasteiger charge is 2.16. The minimum atomic E-state index is -0.920. The molecule has 0 unspecified atom stereocenters. The fourth-order valence-electron chi connectivity index (χ4n) is 1.30. The zero-order chi connectivity index (χ0) is 14.4. The van der Waals surface area contributed by atoms with Crippen LogP contribution in [0.25, 0.3) is 6.08 Å². The van der Waals surface area contributed by atoms with E-state index in [9.17, 15) is 19.7 Å². The lowest BCUT2D eigenvalue weighted by atomic mass is 10.1. The first kappa shape index (κ1) is 14.4. The Hall–Kier alpha value is -2.70. The van der Waals surface area contributed by atoms with Gasteiger partial charge in [0.15, 0.2) is 0 Å². The van der Waals surface area contributed by atoms with Gasteiger partial charge in [-0.1, -0.05) is 0 Å². The summed E-state index contributed by atoms with van der Waals surface area (Å²) in [6.45, 7) is 1.71. The van der Waals surface area contributed by atoms with Gasteiger partial charge in [0.25, 0.3) is 11.6 Å². The van der Waals surface area contributed by atoms with E-state index in [1.807, 2.05) is 0 Å². The Morgan fingerprint density at radius 2 is 1.95 bits per heavy atom. The minimum absolute atomic E-state index is 0.0890. The summed E-state index contributed by atoms with van der Waals surface area (Å²) in [6.07, 6.45) is 1.23. The van der Waals surface area contributed by atoms with Gasteiger partial charge in [-0.2, -0.15) is 0 Å². The van der Waals surface area contributed by atoms with Gasteiger partial charge in [-0.05, 0) is 30.7 Å². The zero-order valence-corrected chi connectivity index (χ0v) is 10.2. The Balaban J connectivity index is 3.05. The van der Waals surface area contributed by atoms with Crippen LogP contribution < -0.4 is 5.73 Å². The van der Waals surface area contributed by atoms with Crippen LogP contribution in [-0.4, -0.2) is 23.4 Å². The Bertz CT molecular complexity index is 534. The molecule has 0 saturated carbocycles. The van der Waals surface area contributed by atoms with Crippen molar-refractivity contribution in [3.63, 3.8) is 0 Å². The van der Waals surface area contributed by atoms with Crippen molar-refractivity contribution in [2.75, 3.05) is 6.61 Å². The molecule has 0 heterocycles. The second-order valence-electron chi connectivity index (χ2n) is 3.49. The van der Waals surface area contributed by atoms with E-state index in [0.29, 0.717) is 5.56 Å². The fourth-order valence-corrected chi connectivity index (χ4v) is 1.30. The maximum absolute atomic E-state index is 11.5. The van der Waals surface area contributed by atoms with Crippen LogP contribution in [-0.2, 0) is 14.3 Å². The third-order valence-electron chi connectivity index (χ3n) is 2.18. The highest BCUT2D eigenvalue weighted by molar-refractivity contribution is 6.19. The molecule has 1 amide bonds. The number of non-ortho nitro benzene ring substituents is 1. The number of carbonyl (C=O) groups is 2. The first-order valence-electron chi connectivity index (χ1n) is 5.38. The maximum Gasteiger partial charge on any atom is 0.343 e. The molecule has 0 saturated heterocycles. The molecule has 2 N–H and O–H groups in total. The summed E-state index contributed by atoms with van der Waals surface area (Å²) in [4.78, 5) is 32.5. The number of hydrogen-bond acceptors (Lipinski definition) is 5. The number of carbonyl (C=O) groups excluding carboxylic acids is 2. The third-order valence-corrected chi connectivity index (χ3v) is 2.18. The number of primary amides is 1. The summed E-state index contributed by atoms with van der Waals surface area (Å²) in [5, 5.41) is 10.5. The number of hydrogen-bond donors (Lipinski definition) is 1. The predicted octanol–water partition coefficient (Wildman–Crippen LogP) is 1.03. The number of rotatable bonds is 5. The standard InChI is InChI=1S/C12H12N2O5/c1-2-19-12(16)10(11(13)15)7-8-3-5-9(6-4-8)14(17)18/h3-7H,2H2,1H3,(H2,13,15)/b10-7-. The zero-order valence-electron chi connectivity index (χ0n) is 10.2. The molecule has 0 radical (unpaired) electrons. The van der Waals surface area contributed by atoms with Crippen LogP contribution in [0.1, 0.15) is 12.5 Å². The molecule has 0 aromatic heterocycles. The topological polar surface area (TPSA) is 113 Å².